The molecule has 1 aliphatic rings. The average Bonchev–Trinajstić information content (AvgIpc) is 2.67. The number of hydrogen-bond donors (Lipinski definition) is 2. The summed E-state index contributed by atoms with van der Waals surface area (Å²) in [5.74, 6) is 0.244. The van der Waals surface area contributed by atoms with E-state index in [0.29, 0.717) is 6.42 Å². The van der Waals surface area contributed by atoms with E-state index in [1.807, 2.05) is 24.3 Å². The lowest BCUT2D eigenvalue weighted by Gasteiger charge is -2.15. The highest BCUT2D eigenvalue weighted by atomic mass is 32.2. The molecule has 1 saturated heterocycles. The maximum atomic E-state index is 11.4. The lowest BCUT2D eigenvalue weighted by molar-refractivity contribution is -0.115. The number of amides is 1. The highest BCUT2D eigenvalue weighted by molar-refractivity contribution is 8.00. The highest BCUT2D eigenvalue weighted by Crippen LogP contribution is 2.28. The van der Waals surface area contributed by atoms with Crippen molar-refractivity contribution < 1.29 is 13.2 Å². The molecule has 5 nitrogen and oxygen atoms in total. The van der Waals surface area contributed by atoms with Crippen LogP contribution in [-0.2, 0) is 14.6 Å². The van der Waals surface area contributed by atoms with Gasteiger partial charge in [-0.3, -0.25) is 4.79 Å². The summed E-state index contributed by atoms with van der Waals surface area (Å²) >= 11 is 1.35. The fourth-order valence-corrected chi connectivity index (χ4v) is 4.42. The summed E-state index contributed by atoms with van der Waals surface area (Å²) in [6, 6.07) is 7.47. The molecule has 0 bridgehead atoms. The molecule has 0 saturated carbocycles. The molecule has 1 aromatic carbocycles. The van der Waals surface area contributed by atoms with Crippen LogP contribution < -0.4 is 11.1 Å². The van der Waals surface area contributed by atoms with Crippen LogP contribution in [0.4, 0.5) is 5.69 Å². The fourth-order valence-electron chi connectivity index (χ4n) is 1.99. The maximum Gasteiger partial charge on any atom is 0.227 e. The standard InChI is InChI=1S/C12H16N2O3S2/c13-12(15)7-18-11-4-2-1-3-10(11)14-9-5-6-19(16,17)8-9/h1-4,9,14H,5-8H2,(H2,13,15). The van der Waals surface area contributed by atoms with Crippen molar-refractivity contribution in [3.63, 3.8) is 0 Å². The molecular formula is C12H16N2O3S2. The SMILES string of the molecule is NC(=O)CSc1ccccc1NC1CCS(=O)(=O)C1. The van der Waals surface area contributed by atoms with Gasteiger partial charge in [0.05, 0.1) is 17.3 Å². The summed E-state index contributed by atoms with van der Waals surface area (Å²) < 4.78 is 22.8. The van der Waals surface area contributed by atoms with E-state index in [0.717, 1.165) is 10.6 Å². The van der Waals surface area contributed by atoms with Gasteiger partial charge in [-0.2, -0.15) is 0 Å². The van der Waals surface area contributed by atoms with E-state index in [1.165, 1.54) is 11.8 Å². The molecule has 1 amide bonds. The number of para-hydroxylation sites is 1. The third-order valence-electron chi connectivity index (χ3n) is 2.85. The van der Waals surface area contributed by atoms with Crippen LogP contribution in [0.3, 0.4) is 0 Å². The fraction of sp³-hybridized carbons (Fsp3) is 0.417. The molecular weight excluding hydrogens is 284 g/mol. The van der Waals surface area contributed by atoms with E-state index in [1.54, 1.807) is 0 Å². The third-order valence-corrected chi connectivity index (χ3v) is 5.71. The Bertz CT molecular complexity index is 572. The normalized spacial score (nSPS) is 21.2. The minimum atomic E-state index is -2.90. The topological polar surface area (TPSA) is 89.3 Å². The van der Waals surface area contributed by atoms with Crippen molar-refractivity contribution in [1.29, 1.82) is 0 Å². The molecule has 2 rings (SSSR count). The minimum absolute atomic E-state index is 0.0553. The van der Waals surface area contributed by atoms with Crippen molar-refractivity contribution in [1.82, 2.24) is 0 Å². The first kappa shape index (κ1) is 14.2. The molecule has 1 aliphatic heterocycles. The molecule has 0 aromatic heterocycles. The predicted molar refractivity (Wildman–Crippen MR) is 77.0 cm³/mol. The third kappa shape index (κ3) is 4.14. The molecule has 7 heteroatoms. The van der Waals surface area contributed by atoms with E-state index in [4.69, 9.17) is 5.73 Å². The number of sulfone groups is 1. The van der Waals surface area contributed by atoms with Crippen LogP contribution >= 0.6 is 11.8 Å². The van der Waals surface area contributed by atoms with E-state index in [9.17, 15) is 13.2 Å². The van der Waals surface area contributed by atoms with Gasteiger partial charge in [-0.1, -0.05) is 12.1 Å². The summed E-state index contributed by atoms with van der Waals surface area (Å²) in [7, 11) is -2.90. The molecule has 1 atom stereocenters. The van der Waals surface area contributed by atoms with Gasteiger partial charge < -0.3 is 11.1 Å². The summed E-state index contributed by atoms with van der Waals surface area (Å²) in [5.41, 5.74) is 5.99. The van der Waals surface area contributed by atoms with E-state index in [2.05, 4.69) is 5.32 Å². The molecule has 1 aromatic rings. The van der Waals surface area contributed by atoms with Crippen molar-refractivity contribution in [2.75, 3.05) is 22.6 Å². The van der Waals surface area contributed by atoms with Crippen LogP contribution in [0.5, 0.6) is 0 Å². The number of anilines is 1. The Morgan fingerprint density at radius 3 is 2.79 bits per heavy atom. The van der Waals surface area contributed by atoms with Gasteiger partial charge in [0.25, 0.3) is 0 Å². The zero-order valence-corrected chi connectivity index (χ0v) is 12.0. The summed E-state index contributed by atoms with van der Waals surface area (Å²) in [6.07, 6.45) is 0.622. The number of thioether (sulfide) groups is 1. The lowest BCUT2D eigenvalue weighted by Crippen LogP contribution is -2.21. The monoisotopic (exact) mass is 300 g/mol. The van der Waals surface area contributed by atoms with Crippen LogP contribution in [0, 0.1) is 0 Å². The number of rotatable bonds is 5. The number of carbonyl (C=O) groups excluding carboxylic acids is 1. The molecule has 104 valence electrons. The second kappa shape index (κ2) is 5.83. The smallest absolute Gasteiger partial charge is 0.227 e. The predicted octanol–water partition coefficient (Wildman–Crippen LogP) is 0.863. The van der Waals surface area contributed by atoms with Crippen molar-refractivity contribution in [2.45, 2.75) is 17.4 Å². The Labute approximate surface area is 116 Å². The number of benzene rings is 1. The van der Waals surface area contributed by atoms with Crippen LogP contribution in [0.2, 0.25) is 0 Å². The Hall–Kier alpha value is -1.21. The number of nitrogens with two attached hydrogens (primary N) is 1. The van der Waals surface area contributed by atoms with Gasteiger partial charge in [0.2, 0.25) is 5.91 Å². The van der Waals surface area contributed by atoms with Gasteiger partial charge in [0.15, 0.2) is 9.84 Å². The molecule has 0 aliphatic carbocycles. The lowest BCUT2D eigenvalue weighted by atomic mass is 10.2. The number of carbonyl (C=O) groups is 1. The molecule has 19 heavy (non-hydrogen) atoms. The Kier molecular flexibility index (Phi) is 4.36. The number of nitrogens with one attached hydrogen (secondary N) is 1. The summed E-state index contributed by atoms with van der Waals surface area (Å²) in [4.78, 5) is 11.7. The molecule has 1 fully saturated rings. The highest BCUT2D eigenvalue weighted by Gasteiger charge is 2.28. The van der Waals surface area contributed by atoms with Gasteiger partial charge in [-0.25, -0.2) is 8.42 Å². The largest absolute Gasteiger partial charge is 0.380 e. The zero-order chi connectivity index (χ0) is 13.9. The molecule has 1 unspecified atom stereocenters. The Morgan fingerprint density at radius 2 is 2.16 bits per heavy atom. The van der Waals surface area contributed by atoms with Gasteiger partial charge in [-0.15, -0.1) is 11.8 Å². The Morgan fingerprint density at radius 1 is 1.42 bits per heavy atom. The van der Waals surface area contributed by atoms with Gasteiger partial charge in [0.1, 0.15) is 0 Å². The summed E-state index contributed by atoms with van der Waals surface area (Å²) in [6.45, 7) is 0. The van der Waals surface area contributed by atoms with Crippen molar-refractivity contribution in [3.05, 3.63) is 24.3 Å². The van der Waals surface area contributed by atoms with Crippen LogP contribution in [0.1, 0.15) is 6.42 Å². The van der Waals surface area contributed by atoms with Crippen molar-refractivity contribution >= 4 is 33.2 Å². The first-order valence-corrected chi connectivity index (χ1v) is 8.74. The van der Waals surface area contributed by atoms with E-state index < -0.39 is 9.84 Å². The minimum Gasteiger partial charge on any atom is -0.380 e. The van der Waals surface area contributed by atoms with E-state index >= 15 is 0 Å². The van der Waals surface area contributed by atoms with Gasteiger partial charge in [-0.05, 0) is 18.6 Å². The maximum absolute atomic E-state index is 11.4. The quantitative estimate of drug-likeness (QED) is 0.787. The van der Waals surface area contributed by atoms with Gasteiger partial charge in [0, 0.05) is 16.6 Å². The molecule has 0 radical (unpaired) electrons. The number of hydrogen-bond acceptors (Lipinski definition) is 5. The molecule has 3 N–H and O–H groups in total. The van der Waals surface area contributed by atoms with Gasteiger partial charge >= 0.3 is 0 Å². The average molecular weight is 300 g/mol. The second-order valence-corrected chi connectivity index (χ2v) is 7.74. The van der Waals surface area contributed by atoms with Crippen molar-refractivity contribution in [2.24, 2.45) is 5.73 Å². The van der Waals surface area contributed by atoms with E-state index in [-0.39, 0.29) is 29.2 Å². The first-order chi connectivity index (χ1) is 8.96. The van der Waals surface area contributed by atoms with Crippen LogP contribution in [-0.4, -0.2) is 37.6 Å². The first-order valence-electron chi connectivity index (χ1n) is 5.93. The van der Waals surface area contributed by atoms with Crippen molar-refractivity contribution in [3.8, 4) is 0 Å². The zero-order valence-electron chi connectivity index (χ0n) is 10.3. The molecule has 1 heterocycles. The molecule has 0 spiro atoms. The number of primary amides is 1. The second-order valence-electron chi connectivity index (χ2n) is 4.50. The van der Waals surface area contributed by atoms with Crippen LogP contribution in [0.25, 0.3) is 0 Å². The van der Waals surface area contributed by atoms with Crippen LogP contribution in [0.15, 0.2) is 29.2 Å². The summed E-state index contributed by atoms with van der Waals surface area (Å²) in [5, 5.41) is 3.24. The Balaban J connectivity index is 2.05.